The van der Waals surface area contributed by atoms with Crippen molar-refractivity contribution in [2.24, 2.45) is 0 Å². The smallest absolute Gasteiger partial charge is 0.0734 e. The fraction of sp³-hybridized carbons (Fsp3) is 0.0833. The summed E-state index contributed by atoms with van der Waals surface area (Å²) >= 11 is 0. The predicted octanol–water partition coefficient (Wildman–Crippen LogP) is 19.2. The average molecular weight is 930 g/mol. The van der Waals surface area contributed by atoms with E-state index < -0.39 is 0 Å². The van der Waals surface area contributed by atoms with Crippen LogP contribution < -0.4 is 0 Å². The zero-order valence-corrected chi connectivity index (χ0v) is 40.9. The van der Waals surface area contributed by atoms with E-state index in [4.69, 9.17) is 0 Å². The van der Waals surface area contributed by atoms with Gasteiger partial charge in [0.1, 0.15) is 0 Å². The van der Waals surface area contributed by atoms with Crippen LogP contribution in [0.4, 0.5) is 0 Å². The van der Waals surface area contributed by atoms with Crippen LogP contribution in [-0.4, -0.2) is 4.57 Å². The standard InChI is InChI=1S/C72H51N/c1-3-19-56-63-44-50(37-41-67(63)73(66(56)4-2)51-23-6-5-7-24-51)69-59-30-12-10-28-57(59)68(58-29-11-13-31-60(58)69)49-22-18-21-46(43-49)47-35-38-53-48(42-47)36-40-62-61-39-34-45-20-8-9-25-52(45)70(61)72(71(53)62)64-32-16-14-26-54(64)55-27-15-17-33-65(55)72/h3-7,9-14,16-19,21-26,28-44H,2,8,15,20,27H2,1H3/b19-3-. The topological polar surface area (TPSA) is 4.93 Å². The predicted molar refractivity (Wildman–Crippen MR) is 311 cm³/mol. The molecule has 73 heavy (non-hydrogen) atoms. The Labute approximate surface area is 426 Å². The molecule has 0 N–H and O–H groups in total. The van der Waals surface area contributed by atoms with Crippen LogP contribution in [0.15, 0.2) is 225 Å². The molecule has 1 atom stereocenters. The highest BCUT2D eigenvalue weighted by molar-refractivity contribution is 6.22. The van der Waals surface area contributed by atoms with Crippen LogP contribution in [0.2, 0.25) is 0 Å². The van der Waals surface area contributed by atoms with Crippen LogP contribution in [0.25, 0.3) is 117 Å². The highest BCUT2D eigenvalue weighted by Gasteiger charge is 2.54. The van der Waals surface area contributed by atoms with Crippen molar-refractivity contribution in [1.29, 1.82) is 0 Å². The summed E-state index contributed by atoms with van der Waals surface area (Å²) in [5, 5.41) is 8.79. The van der Waals surface area contributed by atoms with Gasteiger partial charge >= 0.3 is 0 Å². The third-order valence-electron chi connectivity index (χ3n) is 16.8. The van der Waals surface area contributed by atoms with Crippen molar-refractivity contribution in [3.63, 3.8) is 0 Å². The van der Waals surface area contributed by atoms with Gasteiger partial charge in [-0.25, -0.2) is 0 Å². The Morgan fingerprint density at radius 2 is 1.16 bits per heavy atom. The van der Waals surface area contributed by atoms with E-state index in [-0.39, 0.29) is 5.41 Å². The molecule has 0 radical (unpaired) electrons. The van der Waals surface area contributed by atoms with Gasteiger partial charge in [-0.15, -0.1) is 0 Å². The van der Waals surface area contributed by atoms with Crippen molar-refractivity contribution in [2.75, 3.05) is 0 Å². The summed E-state index contributed by atoms with van der Waals surface area (Å²) in [6, 6.07) is 71.3. The maximum absolute atomic E-state index is 4.30. The van der Waals surface area contributed by atoms with Crippen LogP contribution in [-0.2, 0) is 11.8 Å². The fourth-order valence-electron chi connectivity index (χ4n) is 13.9. The van der Waals surface area contributed by atoms with E-state index in [1.165, 1.54) is 132 Å². The monoisotopic (exact) mass is 929 g/mol. The van der Waals surface area contributed by atoms with Gasteiger partial charge in [-0.1, -0.05) is 195 Å². The van der Waals surface area contributed by atoms with Crippen LogP contribution in [0.3, 0.4) is 0 Å². The maximum atomic E-state index is 4.30. The molecule has 0 fully saturated rings. The first-order valence-electron chi connectivity index (χ1n) is 26.1. The quantitative estimate of drug-likeness (QED) is 0.146. The van der Waals surface area contributed by atoms with Gasteiger partial charge in [-0.05, 0) is 196 Å². The van der Waals surface area contributed by atoms with E-state index in [9.17, 15) is 0 Å². The molecule has 11 aromatic rings. The van der Waals surface area contributed by atoms with Crippen LogP contribution in [0.5, 0.6) is 0 Å². The molecule has 4 aliphatic carbocycles. The Kier molecular flexibility index (Phi) is 9.26. The molecular weight excluding hydrogens is 879 g/mol. The molecule has 1 spiro atoms. The molecule has 4 aliphatic rings. The molecule has 0 aliphatic heterocycles. The first-order chi connectivity index (χ1) is 36.1. The fourth-order valence-corrected chi connectivity index (χ4v) is 13.9. The Hall–Kier alpha value is -8.78. The van der Waals surface area contributed by atoms with E-state index in [1.54, 1.807) is 0 Å². The molecule has 1 heteroatoms. The second-order valence-electron chi connectivity index (χ2n) is 20.4. The number of benzene rings is 10. The van der Waals surface area contributed by atoms with Crippen molar-refractivity contribution in [1.82, 2.24) is 4.57 Å². The van der Waals surface area contributed by atoms with Crippen molar-refractivity contribution in [3.05, 3.63) is 269 Å². The minimum Gasteiger partial charge on any atom is -0.309 e. The van der Waals surface area contributed by atoms with E-state index in [0.29, 0.717) is 0 Å². The number of rotatable bonds is 6. The lowest BCUT2D eigenvalue weighted by atomic mass is 9.66. The van der Waals surface area contributed by atoms with Crippen LogP contribution >= 0.6 is 0 Å². The summed E-state index contributed by atoms with van der Waals surface area (Å²) in [5.41, 5.74) is 26.0. The van der Waals surface area contributed by atoms with Gasteiger partial charge in [0.25, 0.3) is 0 Å². The molecule has 1 aromatic heterocycles. The minimum atomic E-state index is -0.377. The van der Waals surface area contributed by atoms with E-state index in [1.807, 2.05) is 6.08 Å². The first kappa shape index (κ1) is 42.0. The van der Waals surface area contributed by atoms with Gasteiger partial charge in [-0.3, -0.25) is 0 Å². The van der Waals surface area contributed by atoms with Gasteiger partial charge in [0, 0.05) is 16.6 Å². The molecule has 0 saturated heterocycles. The number of para-hydroxylation sites is 1. The normalized spacial score (nSPS) is 16.2. The van der Waals surface area contributed by atoms with Crippen molar-refractivity contribution < 1.29 is 0 Å². The zero-order chi connectivity index (χ0) is 48.4. The molecule has 10 aromatic carbocycles. The van der Waals surface area contributed by atoms with E-state index in [0.717, 1.165) is 42.6 Å². The Morgan fingerprint density at radius 3 is 1.95 bits per heavy atom. The average Bonchev–Trinajstić information content (AvgIpc) is 4.07. The molecule has 1 unspecified atom stereocenters. The van der Waals surface area contributed by atoms with Gasteiger partial charge < -0.3 is 4.57 Å². The van der Waals surface area contributed by atoms with Gasteiger partial charge in [0.05, 0.1) is 16.6 Å². The third kappa shape index (κ3) is 5.85. The third-order valence-corrected chi connectivity index (χ3v) is 16.8. The SMILES string of the molecule is C=Cc1c(/C=C\C)c2cc(-c3c4ccccc4c(-c4cccc(-c5ccc6c7c(ccc6c5)-c5ccc6c(c5C75C7=C(CCC=C7)c7ccccc75)C=CCC6)c4)c4ccccc34)ccc2n1-c1ccccc1. The first-order valence-corrected chi connectivity index (χ1v) is 26.1. The van der Waals surface area contributed by atoms with E-state index in [2.05, 4.69) is 243 Å². The largest absolute Gasteiger partial charge is 0.309 e. The molecule has 15 rings (SSSR count). The second kappa shape index (κ2) is 16.1. The molecule has 1 heterocycles. The highest BCUT2D eigenvalue weighted by Crippen LogP contribution is 2.66. The summed E-state index contributed by atoms with van der Waals surface area (Å²) < 4.78 is 2.34. The second-order valence-corrected chi connectivity index (χ2v) is 20.4. The Bertz CT molecular complexity index is 4280. The molecule has 0 amide bonds. The number of nitrogens with zero attached hydrogens (tertiary/aromatic N) is 1. The molecule has 0 saturated carbocycles. The molecular formula is C72H51N. The lowest BCUT2D eigenvalue weighted by molar-refractivity contribution is 0.780. The number of aryl methyl sites for hydroxylation is 1. The van der Waals surface area contributed by atoms with Crippen LogP contribution in [0, 0.1) is 0 Å². The number of hydrogen-bond donors (Lipinski definition) is 0. The molecule has 0 bridgehead atoms. The van der Waals surface area contributed by atoms with Crippen molar-refractivity contribution >= 4 is 67.0 Å². The molecule has 344 valence electrons. The van der Waals surface area contributed by atoms with Gasteiger partial charge in [0.2, 0.25) is 0 Å². The van der Waals surface area contributed by atoms with Gasteiger partial charge in [-0.2, -0.15) is 0 Å². The maximum Gasteiger partial charge on any atom is 0.0734 e. The van der Waals surface area contributed by atoms with E-state index >= 15 is 0 Å². The van der Waals surface area contributed by atoms with Crippen LogP contribution in [0.1, 0.15) is 70.8 Å². The Morgan fingerprint density at radius 1 is 0.507 bits per heavy atom. The Balaban J connectivity index is 0.898. The minimum absolute atomic E-state index is 0.377. The molecule has 1 nitrogen and oxygen atoms in total. The number of hydrogen-bond acceptors (Lipinski definition) is 0. The zero-order valence-electron chi connectivity index (χ0n) is 40.9. The van der Waals surface area contributed by atoms with Crippen molar-refractivity contribution in [2.45, 2.75) is 38.0 Å². The summed E-state index contributed by atoms with van der Waals surface area (Å²) in [4.78, 5) is 0. The summed E-state index contributed by atoms with van der Waals surface area (Å²) in [7, 11) is 0. The number of aromatic nitrogens is 1. The summed E-state index contributed by atoms with van der Waals surface area (Å²) in [5.74, 6) is 0. The lowest BCUT2D eigenvalue weighted by Crippen LogP contribution is -2.29. The number of allylic oxidation sites excluding steroid dienone is 6. The highest BCUT2D eigenvalue weighted by atomic mass is 15.0. The number of fused-ring (bicyclic) bond motifs is 16. The van der Waals surface area contributed by atoms with Gasteiger partial charge in [0.15, 0.2) is 0 Å². The lowest BCUT2D eigenvalue weighted by Gasteiger charge is -2.35. The summed E-state index contributed by atoms with van der Waals surface area (Å²) in [6.45, 7) is 6.39. The summed E-state index contributed by atoms with van der Waals surface area (Å²) in [6.07, 6.45) is 20.5. The van der Waals surface area contributed by atoms with Crippen molar-refractivity contribution in [3.8, 4) is 50.2 Å².